The van der Waals surface area contributed by atoms with Crippen LogP contribution in [0.25, 0.3) is 11.4 Å². The van der Waals surface area contributed by atoms with Crippen molar-refractivity contribution >= 4 is 23.8 Å². The molecule has 1 heterocycles. The molecule has 4 rings (SSSR count). The van der Waals surface area contributed by atoms with E-state index in [2.05, 4.69) is 4.90 Å². The van der Waals surface area contributed by atoms with Gasteiger partial charge in [-0.25, -0.2) is 4.68 Å². The van der Waals surface area contributed by atoms with Gasteiger partial charge in [0.25, 0.3) is 0 Å². The number of benzene rings is 1. The maximum Gasteiger partial charge on any atom is 0.199 e. The van der Waals surface area contributed by atoms with Gasteiger partial charge in [-0.3, -0.25) is 4.90 Å². The van der Waals surface area contributed by atoms with Gasteiger partial charge in [-0.2, -0.15) is 5.10 Å². The second kappa shape index (κ2) is 6.62. The van der Waals surface area contributed by atoms with E-state index in [0.717, 1.165) is 33.9 Å². The minimum Gasteiger partial charge on any atom is -0.303 e. The number of hydrogen-bond acceptors (Lipinski definition) is 3. The molecule has 0 saturated heterocycles. The Morgan fingerprint density at radius 2 is 1.75 bits per heavy atom. The predicted octanol–water partition coefficient (Wildman–Crippen LogP) is 4.64. The van der Waals surface area contributed by atoms with Crippen LogP contribution in [0.1, 0.15) is 38.5 Å². The second-order valence-electron chi connectivity index (χ2n) is 7.00. The molecule has 1 aromatic heterocycles. The number of halogens is 1. The van der Waals surface area contributed by atoms with E-state index in [1.165, 1.54) is 38.5 Å². The summed E-state index contributed by atoms with van der Waals surface area (Å²) in [5, 5.41) is 5.56. The Bertz CT molecular complexity index is 769. The summed E-state index contributed by atoms with van der Waals surface area (Å²) in [6, 6.07) is 9.23. The Hall–Kier alpha value is -1.17. The van der Waals surface area contributed by atoms with E-state index in [9.17, 15) is 0 Å². The van der Waals surface area contributed by atoms with Crippen LogP contribution in [-0.4, -0.2) is 31.3 Å². The number of rotatable bonds is 5. The maximum atomic E-state index is 6.00. The molecule has 0 radical (unpaired) electrons. The van der Waals surface area contributed by atoms with Crippen molar-refractivity contribution < 1.29 is 0 Å². The summed E-state index contributed by atoms with van der Waals surface area (Å²) < 4.78 is 4.78. The minimum absolute atomic E-state index is 0.709. The highest BCUT2D eigenvalue weighted by atomic mass is 35.5. The Kier molecular flexibility index (Phi) is 4.50. The number of hydrogen-bond donors (Lipinski definition) is 0. The van der Waals surface area contributed by atoms with Crippen LogP contribution in [0.2, 0.25) is 5.02 Å². The van der Waals surface area contributed by atoms with Gasteiger partial charge >= 0.3 is 0 Å². The van der Waals surface area contributed by atoms with Crippen molar-refractivity contribution in [2.45, 2.75) is 57.3 Å². The van der Waals surface area contributed by atoms with Crippen molar-refractivity contribution in [1.29, 1.82) is 0 Å². The van der Waals surface area contributed by atoms with Crippen molar-refractivity contribution in [2.24, 2.45) is 7.05 Å². The zero-order valence-corrected chi connectivity index (χ0v) is 15.6. The summed E-state index contributed by atoms with van der Waals surface area (Å²) in [5.41, 5.74) is 1.05. The van der Waals surface area contributed by atoms with Crippen LogP contribution in [0, 0.1) is 4.77 Å². The van der Waals surface area contributed by atoms with E-state index in [0.29, 0.717) is 6.04 Å². The highest BCUT2D eigenvalue weighted by Crippen LogP contribution is 2.35. The average Bonchev–Trinajstić information content (AvgIpc) is 3.20. The fraction of sp³-hybridized carbons (Fsp3) is 0.556. The number of nitrogens with zero attached hydrogens (tertiary/aromatic N) is 4. The smallest absolute Gasteiger partial charge is 0.199 e. The van der Waals surface area contributed by atoms with Crippen molar-refractivity contribution in [2.75, 3.05) is 0 Å². The number of aromatic nitrogens is 3. The molecular formula is C18H23ClN4S. The molecule has 0 N–H and O–H groups in total. The minimum atomic E-state index is 0.709. The average molecular weight is 363 g/mol. The van der Waals surface area contributed by atoms with Crippen LogP contribution < -0.4 is 0 Å². The molecule has 2 fully saturated rings. The molecule has 0 bridgehead atoms. The first-order valence-corrected chi connectivity index (χ1v) is 9.57. The molecule has 24 heavy (non-hydrogen) atoms. The third-order valence-corrected chi connectivity index (χ3v) is 5.99. The van der Waals surface area contributed by atoms with Crippen LogP contribution in [0.5, 0.6) is 0 Å². The fourth-order valence-corrected chi connectivity index (χ4v) is 4.07. The van der Waals surface area contributed by atoms with Gasteiger partial charge in [0, 0.05) is 29.7 Å². The quantitative estimate of drug-likeness (QED) is 0.725. The lowest BCUT2D eigenvalue weighted by molar-refractivity contribution is 0.134. The van der Waals surface area contributed by atoms with E-state index in [1.54, 1.807) is 0 Å². The highest BCUT2D eigenvalue weighted by Gasteiger charge is 2.35. The summed E-state index contributed by atoms with van der Waals surface area (Å²) in [4.78, 5) is 2.64. The lowest BCUT2D eigenvalue weighted by atomic mass is 10.2. The SMILES string of the molecule is Cn1c(-c2ccc(Cl)cc2)nn(CN(C2CCCC2)C2CC2)c1=S. The molecule has 128 valence electrons. The van der Waals surface area contributed by atoms with Crippen LogP contribution in [0.15, 0.2) is 24.3 Å². The molecule has 4 nitrogen and oxygen atoms in total. The predicted molar refractivity (Wildman–Crippen MR) is 99.6 cm³/mol. The van der Waals surface area contributed by atoms with Crippen LogP contribution >= 0.6 is 23.8 Å². The van der Waals surface area contributed by atoms with Crippen LogP contribution in [-0.2, 0) is 13.7 Å². The van der Waals surface area contributed by atoms with Gasteiger partial charge in [-0.1, -0.05) is 24.4 Å². The van der Waals surface area contributed by atoms with Crippen molar-refractivity contribution in [3.8, 4) is 11.4 Å². The standard InChI is InChI=1S/C18H23ClN4S/c1-21-17(13-6-8-14(19)9-7-13)20-23(18(21)24)12-22(16-10-11-16)15-4-2-3-5-15/h6-9,15-16H,2-5,10-12H2,1H3. The lowest BCUT2D eigenvalue weighted by Crippen LogP contribution is -2.37. The summed E-state index contributed by atoms with van der Waals surface area (Å²) in [5.74, 6) is 0.902. The van der Waals surface area contributed by atoms with Gasteiger partial charge in [0.2, 0.25) is 0 Å². The highest BCUT2D eigenvalue weighted by molar-refractivity contribution is 7.71. The largest absolute Gasteiger partial charge is 0.303 e. The summed E-state index contributed by atoms with van der Waals surface area (Å²) >= 11 is 11.6. The first kappa shape index (κ1) is 16.3. The van der Waals surface area contributed by atoms with E-state index >= 15 is 0 Å². The fourth-order valence-electron chi connectivity index (χ4n) is 3.76. The molecule has 2 aromatic rings. The molecule has 0 aliphatic heterocycles. The molecule has 2 aliphatic rings. The Labute approximate surface area is 153 Å². The first-order chi connectivity index (χ1) is 11.6. The topological polar surface area (TPSA) is 26.0 Å². The molecule has 6 heteroatoms. The van der Waals surface area contributed by atoms with E-state index in [-0.39, 0.29) is 0 Å². The van der Waals surface area contributed by atoms with Crippen LogP contribution in [0.4, 0.5) is 0 Å². The van der Waals surface area contributed by atoms with Crippen molar-refractivity contribution in [3.63, 3.8) is 0 Å². The summed E-state index contributed by atoms with van der Waals surface area (Å²) in [6.07, 6.45) is 8.00. The third kappa shape index (κ3) is 3.17. The monoisotopic (exact) mass is 362 g/mol. The Morgan fingerprint density at radius 1 is 1.12 bits per heavy atom. The maximum absolute atomic E-state index is 6.00. The normalized spacial score (nSPS) is 18.6. The Morgan fingerprint density at radius 3 is 2.38 bits per heavy atom. The molecule has 0 spiro atoms. The van der Waals surface area contributed by atoms with Crippen molar-refractivity contribution in [3.05, 3.63) is 34.1 Å². The van der Waals surface area contributed by atoms with Gasteiger partial charge in [0.1, 0.15) is 0 Å². The molecule has 0 unspecified atom stereocenters. The zero-order chi connectivity index (χ0) is 16.7. The molecule has 2 aliphatic carbocycles. The van der Waals surface area contributed by atoms with Gasteiger partial charge in [0.15, 0.2) is 10.6 Å². The van der Waals surface area contributed by atoms with E-state index in [1.807, 2.05) is 40.6 Å². The lowest BCUT2D eigenvalue weighted by Gasteiger charge is -2.28. The van der Waals surface area contributed by atoms with Gasteiger partial charge in [0.05, 0.1) is 6.67 Å². The molecule has 1 aromatic carbocycles. The first-order valence-electron chi connectivity index (χ1n) is 8.79. The molecule has 0 atom stereocenters. The van der Waals surface area contributed by atoms with Gasteiger partial charge in [-0.15, -0.1) is 0 Å². The third-order valence-electron chi connectivity index (χ3n) is 5.25. The van der Waals surface area contributed by atoms with Crippen molar-refractivity contribution in [1.82, 2.24) is 19.2 Å². The van der Waals surface area contributed by atoms with Crippen LogP contribution in [0.3, 0.4) is 0 Å². The van der Waals surface area contributed by atoms with E-state index < -0.39 is 0 Å². The second-order valence-corrected chi connectivity index (χ2v) is 7.80. The zero-order valence-electron chi connectivity index (χ0n) is 14.0. The molecule has 2 saturated carbocycles. The summed E-state index contributed by atoms with van der Waals surface area (Å²) in [6.45, 7) is 0.815. The van der Waals surface area contributed by atoms with E-state index in [4.69, 9.17) is 28.9 Å². The summed E-state index contributed by atoms with van der Waals surface area (Å²) in [7, 11) is 1.99. The molecule has 0 amide bonds. The van der Waals surface area contributed by atoms with Gasteiger partial charge < -0.3 is 4.57 Å². The van der Waals surface area contributed by atoms with Gasteiger partial charge in [-0.05, 0) is 62.2 Å². The Balaban J connectivity index is 1.62. The molecular weight excluding hydrogens is 340 g/mol.